The minimum atomic E-state index is -0.471. The molecule has 0 spiro atoms. The fourth-order valence-corrected chi connectivity index (χ4v) is 3.84. The van der Waals surface area contributed by atoms with E-state index >= 15 is 0 Å². The summed E-state index contributed by atoms with van der Waals surface area (Å²) in [6, 6.07) is 12.8. The number of rotatable bonds is 9. The van der Waals surface area contributed by atoms with Crippen molar-refractivity contribution in [2.45, 2.75) is 27.3 Å². The van der Waals surface area contributed by atoms with Gasteiger partial charge in [0.25, 0.3) is 11.1 Å². The van der Waals surface area contributed by atoms with Gasteiger partial charge in [0, 0.05) is 0 Å². The molecule has 1 aliphatic heterocycles. The van der Waals surface area contributed by atoms with Crippen LogP contribution in [0.4, 0.5) is 4.79 Å². The molecule has 0 saturated carbocycles. The number of nitrogens with zero attached hydrogens (tertiary/aromatic N) is 1. The van der Waals surface area contributed by atoms with Gasteiger partial charge < -0.3 is 14.2 Å². The van der Waals surface area contributed by atoms with Crippen LogP contribution in [0, 0.1) is 6.92 Å². The molecule has 1 fully saturated rings. The van der Waals surface area contributed by atoms with Gasteiger partial charge in [0.1, 0.15) is 0 Å². The predicted octanol–water partition coefficient (Wildman–Crippen LogP) is 4.57. The zero-order valence-corrected chi connectivity index (χ0v) is 19.1. The van der Waals surface area contributed by atoms with Crippen molar-refractivity contribution >= 4 is 35.0 Å². The Morgan fingerprint density at radius 2 is 1.75 bits per heavy atom. The van der Waals surface area contributed by atoms with Crippen LogP contribution in [0.5, 0.6) is 11.5 Å². The van der Waals surface area contributed by atoms with Crippen LogP contribution in [-0.4, -0.2) is 41.8 Å². The van der Waals surface area contributed by atoms with Crippen LogP contribution in [0.25, 0.3) is 6.08 Å². The summed E-state index contributed by atoms with van der Waals surface area (Å²) in [6.45, 7) is 6.21. The molecule has 2 aromatic rings. The summed E-state index contributed by atoms with van der Waals surface area (Å²) in [5.41, 5.74) is 2.68. The van der Waals surface area contributed by atoms with Gasteiger partial charge in [-0.25, -0.2) is 4.79 Å². The van der Waals surface area contributed by atoms with Crippen LogP contribution >= 0.6 is 11.8 Å². The topological polar surface area (TPSA) is 82.1 Å². The second-order valence-corrected chi connectivity index (χ2v) is 7.98. The van der Waals surface area contributed by atoms with E-state index in [4.69, 9.17) is 14.2 Å². The molecular formula is C24H25NO6S. The standard InChI is InChI=1S/C24H25NO6S/c1-4-29-20-12-18(10-11-19(20)31-15-22(26)30-5-2)13-21-23(27)25(24(28)32-21)14-17-8-6-16(3)7-9-17/h6-13H,4-5,14-15H2,1-3H3/b21-13-. The summed E-state index contributed by atoms with van der Waals surface area (Å²) in [5.74, 6) is 0.0245. The minimum absolute atomic E-state index is 0.229. The maximum Gasteiger partial charge on any atom is 0.344 e. The number of carbonyl (C=O) groups excluding carboxylic acids is 3. The van der Waals surface area contributed by atoms with E-state index in [1.165, 1.54) is 4.90 Å². The quantitative estimate of drug-likeness (QED) is 0.405. The van der Waals surface area contributed by atoms with Crippen molar-refractivity contribution in [3.63, 3.8) is 0 Å². The highest BCUT2D eigenvalue weighted by Crippen LogP contribution is 2.35. The van der Waals surface area contributed by atoms with Crippen molar-refractivity contribution < 1.29 is 28.6 Å². The molecule has 0 unspecified atom stereocenters. The number of thioether (sulfide) groups is 1. The van der Waals surface area contributed by atoms with Crippen molar-refractivity contribution in [1.82, 2.24) is 4.90 Å². The number of aryl methyl sites for hydroxylation is 1. The molecular weight excluding hydrogens is 430 g/mol. The van der Waals surface area contributed by atoms with Crippen LogP contribution in [0.15, 0.2) is 47.4 Å². The number of hydrogen-bond acceptors (Lipinski definition) is 7. The Hall–Kier alpha value is -3.26. The van der Waals surface area contributed by atoms with Crippen LogP contribution in [0.2, 0.25) is 0 Å². The summed E-state index contributed by atoms with van der Waals surface area (Å²) < 4.78 is 16.0. The third-order valence-electron chi connectivity index (χ3n) is 4.55. The molecule has 1 heterocycles. The van der Waals surface area contributed by atoms with Crippen molar-refractivity contribution in [2.75, 3.05) is 19.8 Å². The van der Waals surface area contributed by atoms with Crippen LogP contribution in [0.1, 0.15) is 30.5 Å². The number of amides is 2. The van der Waals surface area contributed by atoms with Gasteiger partial charge in [0.05, 0.1) is 24.7 Å². The molecule has 0 aliphatic carbocycles. The molecule has 3 rings (SSSR count). The van der Waals surface area contributed by atoms with E-state index in [2.05, 4.69) is 0 Å². The summed E-state index contributed by atoms with van der Waals surface area (Å²) >= 11 is 0.907. The molecule has 2 aromatic carbocycles. The van der Waals surface area contributed by atoms with E-state index in [-0.39, 0.29) is 30.9 Å². The zero-order valence-electron chi connectivity index (χ0n) is 18.3. The third kappa shape index (κ3) is 5.91. The number of imide groups is 1. The monoisotopic (exact) mass is 455 g/mol. The molecule has 0 radical (unpaired) electrons. The Labute approximate surface area is 191 Å². The number of esters is 1. The average Bonchev–Trinajstić information content (AvgIpc) is 3.02. The number of benzene rings is 2. The molecule has 1 saturated heterocycles. The highest BCUT2D eigenvalue weighted by atomic mass is 32.2. The Morgan fingerprint density at radius 3 is 2.44 bits per heavy atom. The van der Waals surface area contributed by atoms with Crippen LogP contribution in [-0.2, 0) is 20.9 Å². The third-order valence-corrected chi connectivity index (χ3v) is 5.46. The maximum absolute atomic E-state index is 12.8. The second kappa shape index (κ2) is 10.9. The Balaban J connectivity index is 1.75. The summed E-state index contributed by atoms with van der Waals surface area (Å²) in [7, 11) is 0. The summed E-state index contributed by atoms with van der Waals surface area (Å²) in [6.07, 6.45) is 1.65. The van der Waals surface area contributed by atoms with Gasteiger partial charge >= 0.3 is 5.97 Å². The summed E-state index contributed by atoms with van der Waals surface area (Å²) in [4.78, 5) is 38.4. The largest absolute Gasteiger partial charge is 0.490 e. The van der Waals surface area contributed by atoms with Gasteiger partial charge in [-0.2, -0.15) is 0 Å². The number of ether oxygens (including phenoxy) is 3. The molecule has 0 atom stereocenters. The Kier molecular flexibility index (Phi) is 7.94. The second-order valence-electron chi connectivity index (χ2n) is 6.99. The SMILES string of the molecule is CCOC(=O)COc1ccc(/C=C2\SC(=O)N(Cc3ccc(C)cc3)C2=O)cc1OCC. The van der Waals surface area contributed by atoms with Crippen molar-refractivity contribution in [3.05, 3.63) is 64.1 Å². The van der Waals surface area contributed by atoms with E-state index in [0.29, 0.717) is 28.6 Å². The van der Waals surface area contributed by atoms with E-state index in [1.807, 2.05) is 38.1 Å². The molecule has 168 valence electrons. The van der Waals surface area contributed by atoms with Crippen molar-refractivity contribution in [3.8, 4) is 11.5 Å². The first-order valence-corrected chi connectivity index (χ1v) is 11.1. The van der Waals surface area contributed by atoms with Gasteiger partial charge in [-0.15, -0.1) is 0 Å². The first-order chi connectivity index (χ1) is 15.4. The van der Waals surface area contributed by atoms with Gasteiger partial charge in [0.15, 0.2) is 18.1 Å². The van der Waals surface area contributed by atoms with E-state index < -0.39 is 5.97 Å². The lowest BCUT2D eigenvalue weighted by Gasteiger charge is -2.13. The fourth-order valence-electron chi connectivity index (χ4n) is 3.01. The van der Waals surface area contributed by atoms with Gasteiger partial charge in [-0.1, -0.05) is 35.9 Å². The molecule has 2 amide bonds. The highest BCUT2D eigenvalue weighted by molar-refractivity contribution is 8.18. The Bertz CT molecular complexity index is 1030. The molecule has 1 aliphatic rings. The lowest BCUT2D eigenvalue weighted by atomic mass is 10.1. The highest BCUT2D eigenvalue weighted by Gasteiger charge is 2.35. The van der Waals surface area contributed by atoms with Crippen molar-refractivity contribution in [2.24, 2.45) is 0 Å². The first kappa shape index (κ1) is 23.4. The number of carbonyl (C=O) groups is 3. The lowest BCUT2D eigenvalue weighted by Crippen LogP contribution is -2.27. The van der Waals surface area contributed by atoms with E-state index in [1.54, 1.807) is 31.2 Å². The van der Waals surface area contributed by atoms with E-state index in [9.17, 15) is 14.4 Å². The smallest absolute Gasteiger partial charge is 0.344 e. The van der Waals surface area contributed by atoms with Crippen LogP contribution < -0.4 is 9.47 Å². The minimum Gasteiger partial charge on any atom is -0.490 e. The molecule has 7 nitrogen and oxygen atoms in total. The molecule has 0 N–H and O–H groups in total. The normalized spacial score (nSPS) is 14.7. The predicted molar refractivity (Wildman–Crippen MR) is 122 cm³/mol. The maximum atomic E-state index is 12.8. The zero-order chi connectivity index (χ0) is 23.1. The molecule has 0 aromatic heterocycles. The fraction of sp³-hybridized carbons (Fsp3) is 0.292. The molecule has 0 bridgehead atoms. The van der Waals surface area contributed by atoms with Gasteiger partial charge in [-0.3, -0.25) is 14.5 Å². The van der Waals surface area contributed by atoms with E-state index in [0.717, 1.165) is 22.9 Å². The molecule has 32 heavy (non-hydrogen) atoms. The van der Waals surface area contributed by atoms with Gasteiger partial charge in [0.2, 0.25) is 0 Å². The summed E-state index contributed by atoms with van der Waals surface area (Å²) in [5, 5.41) is -0.304. The average molecular weight is 456 g/mol. The lowest BCUT2D eigenvalue weighted by molar-refractivity contribution is -0.145. The number of hydrogen-bond donors (Lipinski definition) is 0. The first-order valence-electron chi connectivity index (χ1n) is 10.3. The van der Waals surface area contributed by atoms with Crippen molar-refractivity contribution in [1.29, 1.82) is 0 Å². The Morgan fingerprint density at radius 1 is 1.00 bits per heavy atom. The molecule has 8 heteroatoms. The van der Waals surface area contributed by atoms with Gasteiger partial charge in [-0.05, 0) is 61.9 Å². The van der Waals surface area contributed by atoms with Crippen LogP contribution in [0.3, 0.4) is 0 Å².